The van der Waals surface area contributed by atoms with Crippen molar-refractivity contribution in [3.63, 3.8) is 0 Å². The van der Waals surface area contributed by atoms with Crippen LogP contribution in [0.5, 0.6) is 11.6 Å². The van der Waals surface area contributed by atoms with E-state index in [1.54, 1.807) is 4.72 Å². The average molecular weight is 435 g/mol. The molecule has 0 aliphatic heterocycles. The number of fused-ring (bicyclic) bond motifs is 1. The zero-order valence-electron chi connectivity index (χ0n) is 14.9. The van der Waals surface area contributed by atoms with Gasteiger partial charge in [-0.1, -0.05) is 6.07 Å². The predicted octanol–water partition coefficient (Wildman–Crippen LogP) is 2.43. The first-order valence-electron chi connectivity index (χ1n) is 7.74. The number of sulfonamides is 1. The lowest BCUT2D eigenvalue weighted by atomic mass is 10.1. The summed E-state index contributed by atoms with van der Waals surface area (Å²) in [6.07, 6.45) is -4.86. The zero-order valence-corrected chi connectivity index (χ0v) is 15.7. The van der Waals surface area contributed by atoms with E-state index in [2.05, 4.69) is 15.1 Å². The van der Waals surface area contributed by atoms with Gasteiger partial charge >= 0.3 is 6.18 Å². The Morgan fingerprint density at radius 3 is 2.48 bits per heavy atom. The SMILES string of the molecule is COc1cccc(C(F)(F)F)c1NS(=O)(=O)c1nc2nc(CF)cc(OC)n2n1. The Morgan fingerprint density at radius 1 is 1.17 bits per heavy atom. The first kappa shape index (κ1) is 20.6. The van der Waals surface area contributed by atoms with Crippen molar-refractivity contribution in [2.75, 3.05) is 18.9 Å². The van der Waals surface area contributed by atoms with E-state index in [-0.39, 0.29) is 23.1 Å². The van der Waals surface area contributed by atoms with Crippen molar-refractivity contribution in [2.24, 2.45) is 0 Å². The third-order valence-corrected chi connectivity index (χ3v) is 4.81. The van der Waals surface area contributed by atoms with Crippen molar-refractivity contribution in [1.82, 2.24) is 19.6 Å². The average Bonchev–Trinajstić information content (AvgIpc) is 3.11. The second kappa shape index (κ2) is 7.35. The van der Waals surface area contributed by atoms with E-state index in [1.165, 1.54) is 13.2 Å². The Balaban J connectivity index is 2.12. The van der Waals surface area contributed by atoms with Gasteiger partial charge < -0.3 is 9.47 Å². The number of benzene rings is 1. The molecule has 3 rings (SSSR count). The monoisotopic (exact) mass is 435 g/mol. The van der Waals surface area contributed by atoms with Crippen molar-refractivity contribution in [1.29, 1.82) is 0 Å². The van der Waals surface area contributed by atoms with Crippen LogP contribution in [-0.2, 0) is 22.9 Å². The number of para-hydroxylation sites is 1. The molecule has 0 radical (unpaired) electrons. The molecule has 0 bridgehead atoms. The summed E-state index contributed by atoms with van der Waals surface area (Å²) >= 11 is 0. The second-order valence-electron chi connectivity index (χ2n) is 5.52. The number of nitrogens with one attached hydrogen (secondary N) is 1. The summed E-state index contributed by atoms with van der Waals surface area (Å²) in [6, 6.07) is 4.08. The molecule has 14 heteroatoms. The Kier molecular flexibility index (Phi) is 5.21. The molecular weight excluding hydrogens is 422 g/mol. The largest absolute Gasteiger partial charge is 0.495 e. The van der Waals surface area contributed by atoms with E-state index in [0.717, 1.165) is 23.8 Å². The van der Waals surface area contributed by atoms with Crippen LogP contribution in [0.1, 0.15) is 11.3 Å². The Hall–Kier alpha value is -3.16. The standard InChI is InChI=1S/C15H13F4N5O4S/c1-27-10-5-3-4-9(15(17,18)19)12(10)23-29(25,26)14-21-13-20-8(7-16)6-11(28-2)24(13)22-14/h3-6,23H,7H2,1-2H3. The van der Waals surface area contributed by atoms with Crippen LogP contribution in [0.25, 0.3) is 5.78 Å². The molecule has 156 valence electrons. The highest BCUT2D eigenvalue weighted by Crippen LogP contribution is 2.40. The summed E-state index contributed by atoms with van der Waals surface area (Å²) in [6.45, 7) is -0.976. The summed E-state index contributed by atoms with van der Waals surface area (Å²) in [7, 11) is -2.38. The molecule has 2 heterocycles. The number of nitrogens with zero attached hydrogens (tertiary/aromatic N) is 4. The van der Waals surface area contributed by atoms with Crippen LogP contribution in [0.15, 0.2) is 29.4 Å². The molecule has 3 aromatic rings. The Labute approximate surface area is 161 Å². The van der Waals surface area contributed by atoms with Crippen LogP contribution in [0.4, 0.5) is 23.2 Å². The Bertz CT molecular complexity index is 1160. The smallest absolute Gasteiger partial charge is 0.418 e. The molecule has 1 aromatic carbocycles. The zero-order chi connectivity index (χ0) is 21.4. The summed E-state index contributed by atoms with van der Waals surface area (Å²) in [5.74, 6) is -0.735. The minimum atomic E-state index is -4.86. The molecule has 1 N–H and O–H groups in total. The number of halogens is 4. The number of ether oxygens (including phenoxy) is 2. The van der Waals surface area contributed by atoms with Crippen LogP contribution in [0.3, 0.4) is 0 Å². The summed E-state index contributed by atoms with van der Waals surface area (Å²) in [5, 5.41) is 2.81. The van der Waals surface area contributed by atoms with Gasteiger partial charge in [-0.3, -0.25) is 4.72 Å². The quantitative estimate of drug-likeness (QED) is 0.593. The fourth-order valence-electron chi connectivity index (χ4n) is 2.42. The molecule has 9 nitrogen and oxygen atoms in total. The van der Waals surface area contributed by atoms with E-state index in [0.29, 0.717) is 6.07 Å². The first-order chi connectivity index (χ1) is 13.6. The van der Waals surface area contributed by atoms with Gasteiger partial charge in [0.15, 0.2) is 0 Å². The topological polar surface area (TPSA) is 108 Å². The van der Waals surface area contributed by atoms with Gasteiger partial charge in [0.2, 0.25) is 5.88 Å². The lowest BCUT2D eigenvalue weighted by molar-refractivity contribution is -0.137. The van der Waals surface area contributed by atoms with Gasteiger partial charge in [0.1, 0.15) is 18.1 Å². The predicted molar refractivity (Wildman–Crippen MR) is 91.0 cm³/mol. The molecule has 0 fully saturated rings. The summed E-state index contributed by atoms with van der Waals surface area (Å²) < 4.78 is 90.6. The minimum absolute atomic E-state index is 0.0649. The minimum Gasteiger partial charge on any atom is -0.495 e. The van der Waals surface area contributed by atoms with Gasteiger partial charge in [-0.2, -0.15) is 31.1 Å². The van der Waals surface area contributed by atoms with Crippen molar-refractivity contribution in [3.8, 4) is 11.6 Å². The third-order valence-electron chi connectivity index (χ3n) is 3.69. The lowest BCUT2D eigenvalue weighted by Crippen LogP contribution is -2.19. The molecule has 0 unspecified atom stereocenters. The summed E-state index contributed by atoms with van der Waals surface area (Å²) in [4.78, 5) is 7.44. The van der Waals surface area contributed by atoms with Gasteiger partial charge in [0, 0.05) is 6.07 Å². The lowest BCUT2D eigenvalue weighted by Gasteiger charge is -2.16. The van der Waals surface area contributed by atoms with Gasteiger partial charge in [0.25, 0.3) is 21.0 Å². The van der Waals surface area contributed by atoms with Crippen LogP contribution >= 0.6 is 0 Å². The van der Waals surface area contributed by atoms with Crippen molar-refractivity contribution < 1.29 is 35.5 Å². The van der Waals surface area contributed by atoms with Crippen LogP contribution in [0.2, 0.25) is 0 Å². The third kappa shape index (κ3) is 3.87. The van der Waals surface area contributed by atoms with E-state index in [4.69, 9.17) is 9.47 Å². The maximum Gasteiger partial charge on any atom is 0.418 e. The maximum absolute atomic E-state index is 13.3. The van der Waals surface area contributed by atoms with Gasteiger partial charge in [-0.15, -0.1) is 5.10 Å². The molecule has 0 aliphatic rings. The molecule has 0 spiro atoms. The Morgan fingerprint density at radius 2 is 1.90 bits per heavy atom. The highest BCUT2D eigenvalue weighted by atomic mass is 32.2. The van der Waals surface area contributed by atoms with Gasteiger partial charge in [-0.25, -0.2) is 9.37 Å². The number of hydrogen-bond acceptors (Lipinski definition) is 7. The van der Waals surface area contributed by atoms with E-state index < -0.39 is 39.3 Å². The van der Waals surface area contributed by atoms with Gasteiger partial charge in [-0.05, 0) is 12.1 Å². The number of aromatic nitrogens is 4. The van der Waals surface area contributed by atoms with Crippen LogP contribution in [-0.4, -0.2) is 42.2 Å². The van der Waals surface area contributed by atoms with Crippen molar-refractivity contribution >= 4 is 21.5 Å². The van der Waals surface area contributed by atoms with E-state index in [9.17, 15) is 26.0 Å². The van der Waals surface area contributed by atoms with E-state index >= 15 is 0 Å². The molecule has 0 saturated heterocycles. The van der Waals surface area contributed by atoms with Crippen LogP contribution < -0.4 is 14.2 Å². The van der Waals surface area contributed by atoms with Gasteiger partial charge in [0.05, 0.1) is 25.5 Å². The molecule has 0 saturated carbocycles. The van der Waals surface area contributed by atoms with Crippen molar-refractivity contribution in [3.05, 3.63) is 35.5 Å². The number of alkyl halides is 4. The molecule has 2 aromatic heterocycles. The normalized spacial score (nSPS) is 12.2. The second-order valence-corrected chi connectivity index (χ2v) is 7.09. The fraction of sp³-hybridized carbons (Fsp3) is 0.267. The number of methoxy groups -OCH3 is 2. The number of hydrogen-bond donors (Lipinski definition) is 1. The number of anilines is 1. The van der Waals surface area contributed by atoms with E-state index in [1.807, 2.05) is 0 Å². The summed E-state index contributed by atoms with van der Waals surface area (Å²) in [5.41, 5.74) is -2.19. The fourth-order valence-corrected chi connectivity index (χ4v) is 3.38. The highest BCUT2D eigenvalue weighted by Gasteiger charge is 2.37. The van der Waals surface area contributed by atoms with Crippen LogP contribution in [0, 0.1) is 0 Å². The number of rotatable bonds is 6. The first-order valence-corrected chi connectivity index (χ1v) is 9.22. The molecule has 0 atom stereocenters. The molecule has 0 amide bonds. The van der Waals surface area contributed by atoms with Crippen molar-refractivity contribution in [2.45, 2.75) is 18.0 Å². The molecule has 0 aliphatic carbocycles. The maximum atomic E-state index is 13.3. The molecule has 29 heavy (non-hydrogen) atoms. The molecular formula is C15H13F4N5O4S. The highest BCUT2D eigenvalue weighted by molar-refractivity contribution is 7.92.